The van der Waals surface area contributed by atoms with Crippen LogP contribution in [0.25, 0.3) is 0 Å². The van der Waals surface area contributed by atoms with Gasteiger partial charge in [-0.3, -0.25) is 4.79 Å². The molecule has 0 saturated heterocycles. The summed E-state index contributed by atoms with van der Waals surface area (Å²) >= 11 is 3.25. The van der Waals surface area contributed by atoms with Gasteiger partial charge in [0, 0.05) is 23.4 Å². The molecular weight excluding hydrogens is 338 g/mol. The van der Waals surface area contributed by atoms with Crippen molar-refractivity contribution in [1.29, 1.82) is 0 Å². The molecule has 0 aliphatic carbocycles. The number of halogens is 1. The summed E-state index contributed by atoms with van der Waals surface area (Å²) in [5.41, 5.74) is 6.31. The Hall–Kier alpha value is -2.41. The molecule has 1 aromatic heterocycles. The first-order chi connectivity index (χ1) is 9.91. The molecule has 0 aliphatic heterocycles. The van der Waals surface area contributed by atoms with Crippen molar-refractivity contribution in [2.75, 3.05) is 17.7 Å². The molecule has 0 radical (unpaired) electrons. The van der Waals surface area contributed by atoms with E-state index in [1.54, 1.807) is 18.2 Å². The van der Waals surface area contributed by atoms with Crippen molar-refractivity contribution in [3.63, 3.8) is 0 Å². The van der Waals surface area contributed by atoms with Crippen LogP contribution in [-0.2, 0) is 0 Å². The van der Waals surface area contributed by atoms with Crippen molar-refractivity contribution >= 4 is 39.2 Å². The van der Waals surface area contributed by atoms with Gasteiger partial charge in [-0.2, -0.15) is 0 Å². The number of benzene rings is 1. The van der Waals surface area contributed by atoms with Crippen molar-refractivity contribution in [3.8, 4) is 0 Å². The lowest BCUT2D eigenvalue weighted by molar-refractivity contribution is 0.0698. The summed E-state index contributed by atoms with van der Waals surface area (Å²) in [4.78, 5) is 29.0. The molecule has 0 unspecified atom stereocenters. The van der Waals surface area contributed by atoms with Gasteiger partial charge in [-0.1, -0.05) is 0 Å². The highest BCUT2D eigenvalue weighted by Gasteiger charge is 2.22. The van der Waals surface area contributed by atoms with E-state index in [0.717, 1.165) is 0 Å². The molecule has 0 fully saturated rings. The van der Waals surface area contributed by atoms with Crippen molar-refractivity contribution in [2.24, 2.45) is 0 Å². The lowest BCUT2D eigenvalue weighted by Crippen LogP contribution is -2.29. The van der Waals surface area contributed by atoms with Crippen LogP contribution in [0.2, 0.25) is 0 Å². The van der Waals surface area contributed by atoms with Gasteiger partial charge in [0.05, 0.1) is 11.3 Å². The fourth-order valence-corrected chi connectivity index (χ4v) is 2.25. The second kappa shape index (κ2) is 5.92. The average Bonchev–Trinajstić information content (AvgIpc) is 2.46. The molecule has 1 heterocycles. The second-order valence-electron chi connectivity index (χ2n) is 4.28. The standard InChI is InChI=1S/C14H12BrN3O3/c1-18(13(19)12-10(15)3-2-6-17-12)11-5-4-8(16)7-9(11)14(20)21/h2-7H,16H2,1H3,(H,20,21). The van der Waals surface area contributed by atoms with Crippen molar-refractivity contribution in [1.82, 2.24) is 4.98 Å². The molecular formula is C14H12BrN3O3. The van der Waals surface area contributed by atoms with Gasteiger partial charge >= 0.3 is 5.97 Å². The van der Waals surface area contributed by atoms with Gasteiger partial charge in [-0.25, -0.2) is 9.78 Å². The number of nitrogens with two attached hydrogens (primary N) is 1. The predicted molar refractivity (Wildman–Crippen MR) is 82.5 cm³/mol. The monoisotopic (exact) mass is 349 g/mol. The van der Waals surface area contributed by atoms with Gasteiger partial charge in [0.1, 0.15) is 5.69 Å². The second-order valence-corrected chi connectivity index (χ2v) is 5.13. The minimum atomic E-state index is -1.16. The number of carboxylic acids is 1. The van der Waals surface area contributed by atoms with Gasteiger partial charge in [0.15, 0.2) is 0 Å². The molecule has 0 saturated carbocycles. The van der Waals surface area contributed by atoms with Crippen LogP contribution in [0.15, 0.2) is 41.0 Å². The van der Waals surface area contributed by atoms with Crippen LogP contribution in [0, 0.1) is 0 Å². The van der Waals surface area contributed by atoms with Crippen LogP contribution in [0.1, 0.15) is 20.8 Å². The summed E-state index contributed by atoms with van der Waals surface area (Å²) in [5, 5.41) is 9.23. The molecule has 1 amide bonds. The first-order valence-electron chi connectivity index (χ1n) is 5.93. The minimum absolute atomic E-state index is 0.0436. The quantitative estimate of drug-likeness (QED) is 0.829. The molecule has 108 valence electrons. The number of nitrogen functional groups attached to an aromatic ring is 1. The number of carboxylic acid groups (broad SMARTS) is 1. The fourth-order valence-electron chi connectivity index (χ4n) is 1.83. The lowest BCUT2D eigenvalue weighted by Gasteiger charge is -2.19. The number of aromatic carboxylic acids is 1. The zero-order valence-electron chi connectivity index (χ0n) is 11.1. The summed E-state index contributed by atoms with van der Waals surface area (Å²) in [6.45, 7) is 0. The maximum Gasteiger partial charge on any atom is 0.337 e. The van der Waals surface area contributed by atoms with E-state index >= 15 is 0 Å². The maximum absolute atomic E-state index is 12.4. The number of hydrogen-bond acceptors (Lipinski definition) is 4. The molecule has 0 aliphatic rings. The molecule has 7 heteroatoms. The Morgan fingerprint density at radius 1 is 1.33 bits per heavy atom. The van der Waals surface area contributed by atoms with Gasteiger partial charge in [0.2, 0.25) is 0 Å². The number of carbonyl (C=O) groups is 2. The molecule has 2 rings (SSSR count). The highest BCUT2D eigenvalue weighted by atomic mass is 79.9. The molecule has 2 aromatic rings. The van der Waals surface area contributed by atoms with E-state index in [-0.39, 0.29) is 16.9 Å². The fraction of sp³-hybridized carbons (Fsp3) is 0.0714. The van der Waals surface area contributed by atoms with Gasteiger partial charge in [0.25, 0.3) is 5.91 Å². The zero-order valence-corrected chi connectivity index (χ0v) is 12.7. The van der Waals surface area contributed by atoms with E-state index in [9.17, 15) is 14.7 Å². The maximum atomic E-state index is 12.4. The van der Waals surface area contributed by atoms with E-state index < -0.39 is 11.9 Å². The molecule has 6 nitrogen and oxygen atoms in total. The van der Waals surface area contributed by atoms with Crippen LogP contribution < -0.4 is 10.6 Å². The number of nitrogens with zero attached hydrogens (tertiary/aromatic N) is 2. The summed E-state index contributed by atoms with van der Waals surface area (Å²) < 4.78 is 0.536. The minimum Gasteiger partial charge on any atom is -0.478 e. The third-order valence-corrected chi connectivity index (χ3v) is 3.52. The third kappa shape index (κ3) is 3.03. The van der Waals surface area contributed by atoms with E-state index in [1.165, 1.54) is 30.3 Å². The molecule has 0 bridgehead atoms. The Bertz CT molecular complexity index is 718. The molecule has 3 N–H and O–H groups in total. The lowest BCUT2D eigenvalue weighted by atomic mass is 10.1. The van der Waals surface area contributed by atoms with Gasteiger partial charge in [-0.05, 0) is 46.3 Å². The van der Waals surface area contributed by atoms with E-state index in [2.05, 4.69) is 20.9 Å². The van der Waals surface area contributed by atoms with Crippen LogP contribution in [0.3, 0.4) is 0 Å². The SMILES string of the molecule is CN(C(=O)c1ncccc1Br)c1ccc(N)cc1C(=O)O. The zero-order chi connectivity index (χ0) is 15.6. The normalized spacial score (nSPS) is 10.2. The molecule has 0 spiro atoms. The van der Waals surface area contributed by atoms with Crippen LogP contribution in [0.4, 0.5) is 11.4 Å². The topological polar surface area (TPSA) is 96.5 Å². The number of aromatic nitrogens is 1. The number of pyridine rings is 1. The summed E-state index contributed by atoms with van der Waals surface area (Å²) in [6.07, 6.45) is 1.49. The summed E-state index contributed by atoms with van der Waals surface area (Å²) in [6, 6.07) is 7.73. The van der Waals surface area contributed by atoms with Gasteiger partial charge in [-0.15, -0.1) is 0 Å². The Kier molecular flexibility index (Phi) is 4.23. The van der Waals surface area contributed by atoms with Crippen molar-refractivity contribution in [3.05, 3.63) is 52.3 Å². The Balaban J connectivity index is 2.45. The summed E-state index contributed by atoms with van der Waals surface area (Å²) in [5.74, 6) is -1.58. The Labute approximate surface area is 129 Å². The number of hydrogen-bond donors (Lipinski definition) is 2. The number of rotatable bonds is 3. The van der Waals surface area contributed by atoms with Crippen LogP contribution >= 0.6 is 15.9 Å². The third-order valence-electron chi connectivity index (χ3n) is 2.88. The van der Waals surface area contributed by atoms with Crippen LogP contribution in [-0.4, -0.2) is 29.0 Å². The smallest absolute Gasteiger partial charge is 0.337 e. The van der Waals surface area contributed by atoms with E-state index in [1.807, 2.05) is 0 Å². The molecule has 21 heavy (non-hydrogen) atoms. The largest absolute Gasteiger partial charge is 0.478 e. The molecule has 1 aromatic carbocycles. The average molecular weight is 350 g/mol. The Morgan fingerprint density at radius 3 is 2.67 bits per heavy atom. The predicted octanol–water partition coefficient (Wildman–Crippen LogP) is 2.40. The van der Waals surface area contributed by atoms with Gasteiger partial charge < -0.3 is 15.7 Å². The first-order valence-corrected chi connectivity index (χ1v) is 6.72. The van der Waals surface area contributed by atoms with Crippen molar-refractivity contribution in [2.45, 2.75) is 0 Å². The summed E-state index contributed by atoms with van der Waals surface area (Å²) in [7, 11) is 1.49. The number of carbonyl (C=O) groups excluding carboxylic acids is 1. The highest BCUT2D eigenvalue weighted by molar-refractivity contribution is 9.10. The van der Waals surface area contributed by atoms with E-state index in [0.29, 0.717) is 10.2 Å². The van der Waals surface area contributed by atoms with Crippen molar-refractivity contribution < 1.29 is 14.7 Å². The molecule has 0 atom stereocenters. The van der Waals surface area contributed by atoms with Crippen LogP contribution in [0.5, 0.6) is 0 Å². The highest BCUT2D eigenvalue weighted by Crippen LogP contribution is 2.25. The Morgan fingerprint density at radius 2 is 2.05 bits per heavy atom. The number of anilines is 2. The first kappa shape index (κ1) is 15.0. The van der Waals surface area contributed by atoms with E-state index in [4.69, 9.17) is 5.73 Å². The number of amides is 1.